The van der Waals surface area contributed by atoms with Crippen LogP contribution in [0.25, 0.3) is 0 Å². The smallest absolute Gasteiger partial charge is 0.311 e. The summed E-state index contributed by atoms with van der Waals surface area (Å²) >= 11 is 0. The average Bonchev–Trinajstić information content (AvgIpc) is 2.71. The summed E-state index contributed by atoms with van der Waals surface area (Å²) in [6, 6.07) is 0. The van der Waals surface area contributed by atoms with Gasteiger partial charge in [-0.05, 0) is 39.0 Å². The van der Waals surface area contributed by atoms with Crippen molar-refractivity contribution in [1.82, 2.24) is 0 Å². The maximum absolute atomic E-state index is 12.1. The van der Waals surface area contributed by atoms with Gasteiger partial charge >= 0.3 is 11.9 Å². The van der Waals surface area contributed by atoms with Crippen LogP contribution in [0.4, 0.5) is 0 Å². The zero-order chi connectivity index (χ0) is 16.5. The third-order valence-electron chi connectivity index (χ3n) is 6.85. The zero-order valence-electron chi connectivity index (χ0n) is 14.2. The van der Waals surface area contributed by atoms with E-state index in [1.807, 2.05) is 13.8 Å². The van der Waals surface area contributed by atoms with Crippen molar-refractivity contribution in [3.8, 4) is 0 Å². The molecule has 3 aliphatic carbocycles. The quantitative estimate of drug-likeness (QED) is 0.532. The summed E-state index contributed by atoms with van der Waals surface area (Å²) in [5, 5.41) is 0. The van der Waals surface area contributed by atoms with Gasteiger partial charge in [0.05, 0.1) is 29.0 Å². The van der Waals surface area contributed by atoms with Gasteiger partial charge in [-0.1, -0.05) is 13.3 Å². The molecular formula is C18H26O5. The summed E-state index contributed by atoms with van der Waals surface area (Å²) in [6.07, 6.45) is 4.69. The van der Waals surface area contributed by atoms with Gasteiger partial charge in [0, 0.05) is 6.42 Å². The molecule has 0 amide bonds. The van der Waals surface area contributed by atoms with Gasteiger partial charge in [0.25, 0.3) is 0 Å². The SMILES string of the molecule is CCCC(C)(C)C(=O)OCCOC12CC3CC4C(=O)OC(C1)C342. The lowest BCUT2D eigenvalue weighted by molar-refractivity contribution is -0.385. The van der Waals surface area contributed by atoms with E-state index >= 15 is 0 Å². The normalized spacial score (nSPS) is 42.6. The van der Waals surface area contributed by atoms with Crippen LogP contribution in [0.3, 0.4) is 0 Å². The zero-order valence-corrected chi connectivity index (χ0v) is 14.2. The van der Waals surface area contributed by atoms with Crippen LogP contribution >= 0.6 is 0 Å². The fourth-order valence-electron chi connectivity index (χ4n) is 5.75. The molecule has 5 unspecified atom stereocenters. The number of hydrogen-bond acceptors (Lipinski definition) is 5. The molecule has 1 spiro atoms. The lowest BCUT2D eigenvalue weighted by atomic mass is 9.27. The van der Waals surface area contributed by atoms with Gasteiger partial charge < -0.3 is 14.2 Å². The highest BCUT2D eigenvalue weighted by atomic mass is 16.6. The Kier molecular flexibility index (Phi) is 3.16. The van der Waals surface area contributed by atoms with E-state index in [-0.39, 0.29) is 35.0 Å². The fraction of sp³-hybridized carbons (Fsp3) is 0.889. The van der Waals surface area contributed by atoms with Crippen LogP contribution in [0.15, 0.2) is 0 Å². The van der Waals surface area contributed by atoms with E-state index in [0.29, 0.717) is 19.1 Å². The molecule has 1 saturated heterocycles. The van der Waals surface area contributed by atoms with E-state index in [4.69, 9.17) is 14.2 Å². The van der Waals surface area contributed by atoms with Crippen molar-refractivity contribution in [3.05, 3.63) is 0 Å². The first-order valence-electron chi connectivity index (χ1n) is 8.89. The molecule has 4 rings (SSSR count). The second kappa shape index (κ2) is 4.71. The van der Waals surface area contributed by atoms with Gasteiger partial charge in [-0.15, -0.1) is 0 Å². The van der Waals surface area contributed by atoms with E-state index in [0.717, 1.165) is 32.1 Å². The third-order valence-corrected chi connectivity index (χ3v) is 6.85. The number of hydrogen-bond donors (Lipinski definition) is 0. The maximum atomic E-state index is 12.1. The van der Waals surface area contributed by atoms with E-state index in [2.05, 4.69) is 6.92 Å². The van der Waals surface area contributed by atoms with Crippen molar-refractivity contribution in [2.75, 3.05) is 13.2 Å². The molecule has 0 aromatic carbocycles. The van der Waals surface area contributed by atoms with Crippen LogP contribution < -0.4 is 0 Å². The standard InChI is InChI=1S/C18H26O5/c1-4-5-16(2,3)15(20)21-6-7-22-17-9-11-8-12-14(19)23-13(10-17)18(11,12)17/h11-13H,4-10H2,1-3H3. The van der Waals surface area contributed by atoms with E-state index in [1.54, 1.807) is 0 Å². The molecule has 5 heteroatoms. The predicted octanol–water partition coefficient (Wildman–Crippen LogP) is 2.47. The monoisotopic (exact) mass is 322 g/mol. The molecule has 4 fully saturated rings. The van der Waals surface area contributed by atoms with Gasteiger partial charge in [0.15, 0.2) is 0 Å². The summed E-state index contributed by atoms with van der Waals surface area (Å²) in [4.78, 5) is 23.9. The van der Waals surface area contributed by atoms with Gasteiger partial charge in [-0.2, -0.15) is 0 Å². The fourth-order valence-corrected chi connectivity index (χ4v) is 5.75. The first-order chi connectivity index (χ1) is 10.9. The molecule has 3 saturated carbocycles. The first-order valence-corrected chi connectivity index (χ1v) is 8.89. The first kappa shape index (κ1) is 15.4. The highest BCUT2D eigenvalue weighted by Gasteiger charge is 2.89. The van der Waals surface area contributed by atoms with Gasteiger partial charge in [0.2, 0.25) is 0 Å². The van der Waals surface area contributed by atoms with Crippen molar-refractivity contribution in [1.29, 1.82) is 0 Å². The molecular weight excluding hydrogens is 296 g/mol. The van der Waals surface area contributed by atoms with Crippen LogP contribution in [-0.4, -0.2) is 36.9 Å². The molecule has 0 bridgehead atoms. The highest BCUT2D eigenvalue weighted by Crippen LogP contribution is 2.83. The Bertz CT molecular complexity index is 556. The van der Waals surface area contributed by atoms with Gasteiger partial charge in [-0.25, -0.2) is 0 Å². The summed E-state index contributed by atoms with van der Waals surface area (Å²) in [6.45, 7) is 6.61. The number of esters is 2. The Balaban J connectivity index is 1.28. The Morgan fingerprint density at radius 3 is 2.78 bits per heavy atom. The van der Waals surface area contributed by atoms with E-state index < -0.39 is 5.41 Å². The Morgan fingerprint density at radius 1 is 1.35 bits per heavy atom. The minimum absolute atomic E-state index is 0.0183. The van der Waals surface area contributed by atoms with Crippen molar-refractivity contribution in [2.45, 2.75) is 64.6 Å². The van der Waals surface area contributed by atoms with E-state index in [9.17, 15) is 9.59 Å². The highest BCUT2D eigenvalue weighted by molar-refractivity contribution is 5.81. The third kappa shape index (κ3) is 1.72. The minimum atomic E-state index is -0.431. The average molecular weight is 322 g/mol. The molecule has 23 heavy (non-hydrogen) atoms. The van der Waals surface area contributed by atoms with Crippen molar-refractivity contribution >= 4 is 11.9 Å². The lowest BCUT2D eigenvalue weighted by Crippen LogP contribution is -2.84. The summed E-state index contributed by atoms with van der Waals surface area (Å²) in [5.74, 6) is 0.483. The van der Waals surface area contributed by atoms with Crippen LogP contribution in [-0.2, 0) is 23.8 Å². The van der Waals surface area contributed by atoms with Crippen molar-refractivity contribution in [2.24, 2.45) is 22.7 Å². The maximum Gasteiger partial charge on any atom is 0.311 e. The van der Waals surface area contributed by atoms with Crippen LogP contribution in [0.2, 0.25) is 0 Å². The van der Waals surface area contributed by atoms with Crippen LogP contribution in [0, 0.1) is 22.7 Å². The van der Waals surface area contributed by atoms with E-state index in [1.165, 1.54) is 0 Å². The molecule has 0 N–H and O–H groups in total. The number of carbonyl (C=O) groups is 2. The summed E-state index contributed by atoms with van der Waals surface area (Å²) in [5.41, 5.74) is -0.627. The molecule has 4 aliphatic rings. The van der Waals surface area contributed by atoms with Crippen molar-refractivity contribution in [3.63, 3.8) is 0 Å². The number of rotatable bonds is 7. The Morgan fingerprint density at radius 2 is 2.13 bits per heavy atom. The second-order valence-electron chi connectivity index (χ2n) is 8.36. The Labute approximate surface area is 137 Å². The molecule has 1 heterocycles. The summed E-state index contributed by atoms with van der Waals surface area (Å²) < 4.78 is 17.0. The second-order valence-corrected chi connectivity index (χ2v) is 8.36. The van der Waals surface area contributed by atoms with Crippen LogP contribution in [0.1, 0.15) is 52.9 Å². The molecule has 5 nitrogen and oxygen atoms in total. The Hall–Kier alpha value is -1.10. The molecule has 0 aromatic heterocycles. The minimum Gasteiger partial charge on any atom is -0.463 e. The molecule has 0 aromatic rings. The molecule has 0 radical (unpaired) electrons. The molecule has 1 aliphatic heterocycles. The number of ether oxygens (including phenoxy) is 3. The predicted molar refractivity (Wildman–Crippen MR) is 81.5 cm³/mol. The lowest BCUT2D eigenvalue weighted by Gasteiger charge is -2.78. The topological polar surface area (TPSA) is 61.8 Å². The van der Waals surface area contributed by atoms with Gasteiger partial charge in [-0.3, -0.25) is 9.59 Å². The van der Waals surface area contributed by atoms with Gasteiger partial charge in [0.1, 0.15) is 12.7 Å². The number of carbonyl (C=O) groups excluding carboxylic acids is 2. The molecule has 5 atom stereocenters. The van der Waals surface area contributed by atoms with Crippen molar-refractivity contribution < 1.29 is 23.8 Å². The largest absolute Gasteiger partial charge is 0.463 e. The summed E-state index contributed by atoms with van der Waals surface area (Å²) in [7, 11) is 0. The van der Waals surface area contributed by atoms with Crippen LogP contribution in [0.5, 0.6) is 0 Å². The molecule has 128 valence electrons.